The van der Waals surface area contributed by atoms with Crippen LogP contribution in [0.5, 0.6) is 0 Å². The maximum Gasteiger partial charge on any atom is 0.250 e. The summed E-state index contributed by atoms with van der Waals surface area (Å²) in [7, 11) is 0. The first-order valence-corrected chi connectivity index (χ1v) is 10.5. The smallest absolute Gasteiger partial charge is 0.250 e. The molecule has 7 heteroatoms. The van der Waals surface area contributed by atoms with Crippen molar-refractivity contribution in [1.82, 2.24) is 0 Å². The number of carbonyl (C=O) groups is 3. The normalized spacial score (nSPS) is 10.6. The van der Waals surface area contributed by atoms with Crippen LogP contribution in [-0.4, -0.2) is 23.5 Å². The van der Waals surface area contributed by atoms with E-state index >= 15 is 0 Å². The molecule has 31 heavy (non-hydrogen) atoms. The number of thioether (sulfide) groups is 1. The van der Waals surface area contributed by atoms with Gasteiger partial charge in [0.05, 0.1) is 17.0 Å². The SMILES string of the molecule is NC(=O)c1ccccc1NC(=O)CSc1ccc(NC(=O)/C=C/c2ccccc2)cc1. The van der Waals surface area contributed by atoms with E-state index in [1.54, 1.807) is 42.5 Å². The molecule has 0 fully saturated rings. The van der Waals surface area contributed by atoms with Crippen LogP contribution >= 0.6 is 11.8 Å². The molecular formula is C24H21N3O3S. The van der Waals surface area contributed by atoms with Crippen molar-refractivity contribution in [2.75, 3.05) is 16.4 Å². The van der Waals surface area contributed by atoms with Gasteiger partial charge in [-0.05, 0) is 48.0 Å². The van der Waals surface area contributed by atoms with Crippen LogP contribution in [0.25, 0.3) is 6.08 Å². The maximum atomic E-state index is 12.2. The molecule has 0 spiro atoms. The number of hydrogen-bond donors (Lipinski definition) is 3. The topological polar surface area (TPSA) is 101 Å². The number of amides is 3. The van der Waals surface area contributed by atoms with Crippen LogP contribution < -0.4 is 16.4 Å². The van der Waals surface area contributed by atoms with Gasteiger partial charge < -0.3 is 16.4 Å². The van der Waals surface area contributed by atoms with Crippen LogP contribution in [0.1, 0.15) is 15.9 Å². The standard InChI is InChI=1S/C24H21N3O3S/c25-24(30)20-8-4-5-9-21(20)27-23(29)16-31-19-13-11-18(12-14-19)26-22(28)15-10-17-6-2-1-3-7-17/h1-15H,16H2,(H2,25,30)(H,26,28)(H,27,29)/b15-10+. The van der Waals surface area contributed by atoms with Crippen LogP contribution in [-0.2, 0) is 9.59 Å². The quantitative estimate of drug-likeness (QED) is 0.368. The molecule has 0 heterocycles. The van der Waals surface area contributed by atoms with Crippen molar-refractivity contribution in [2.24, 2.45) is 5.73 Å². The van der Waals surface area contributed by atoms with Gasteiger partial charge in [0.15, 0.2) is 0 Å². The lowest BCUT2D eigenvalue weighted by Crippen LogP contribution is -2.19. The first-order valence-electron chi connectivity index (χ1n) is 9.47. The van der Waals surface area contributed by atoms with Gasteiger partial charge >= 0.3 is 0 Å². The second-order valence-electron chi connectivity index (χ2n) is 6.50. The van der Waals surface area contributed by atoms with Gasteiger partial charge in [0.25, 0.3) is 5.91 Å². The van der Waals surface area contributed by atoms with Crippen LogP contribution in [0, 0.1) is 0 Å². The predicted molar refractivity (Wildman–Crippen MR) is 125 cm³/mol. The molecule has 0 aliphatic carbocycles. The zero-order chi connectivity index (χ0) is 22.1. The third-order valence-electron chi connectivity index (χ3n) is 4.19. The van der Waals surface area contributed by atoms with Gasteiger partial charge in [0, 0.05) is 16.7 Å². The fourth-order valence-electron chi connectivity index (χ4n) is 2.70. The first kappa shape index (κ1) is 21.9. The van der Waals surface area contributed by atoms with Crippen LogP contribution in [0.15, 0.2) is 89.8 Å². The highest BCUT2D eigenvalue weighted by molar-refractivity contribution is 8.00. The van der Waals surface area contributed by atoms with Crippen LogP contribution in [0.2, 0.25) is 0 Å². The number of anilines is 2. The number of benzene rings is 3. The molecule has 0 aromatic heterocycles. The predicted octanol–water partition coefficient (Wildman–Crippen LogP) is 4.17. The molecule has 0 aliphatic rings. The van der Waals surface area contributed by atoms with E-state index < -0.39 is 5.91 Å². The molecule has 0 atom stereocenters. The molecule has 3 rings (SSSR count). The van der Waals surface area contributed by atoms with Crippen molar-refractivity contribution in [3.05, 3.63) is 96.1 Å². The monoisotopic (exact) mass is 431 g/mol. The Labute approximate surface area is 184 Å². The molecule has 0 unspecified atom stereocenters. The third-order valence-corrected chi connectivity index (χ3v) is 5.20. The number of hydrogen-bond acceptors (Lipinski definition) is 4. The van der Waals surface area contributed by atoms with E-state index in [1.807, 2.05) is 42.5 Å². The van der Waals surface area contributed by atoms with Crippen molar-refractivity contribution in [2.45, 2.75) is 4.90 Å². The number of nitrogens with two attached hydrogens (primary N) is 1. The van der Waals surface area contributed by atoms with Gasteiger partial charge in [0.1, 0.15) is 0 Å². The van der Waals surface area contributed by atoms with Crippen molar-refractivity contribution >= 4 is 46.9 Å². The van der Waals surface area contributed by atoms with Crippen LogP contribution in [0.4, 0.5) is 11.4 Å². The van der Waals surface area contributed by atoms with Gasteiger partial charge in [-0.1, -0.05) is 42.5 Å². The fraction of sp³-hybridized carbons (Fsp3) is 0.0417. The number of primary amides is 1. The Bertz CT molecular complexity index is 1100. The maximum absolute atomic E-state index is 12.2. The summed E-state index contributed by atoms with van der Waals surface area (Å²) < 4.78 is 0. The lowest BCUT2D eigenvalue weighted by molar-refractivity contribution is -0.114. The van der Waals surface area contributed by atoms with Gasteiger partial charge in [-0.3, -0.25) is 14.4 Å². The van der Waals surface area contributed by atoms with Crippen molar-refractivity contribution < 1.29 is 14.4 Å². The first-order chi connectivity index (χ1) is 15.0. The highest BCUT2D eigenvalue weighted by Gasteiger charge is 2.10. The summed E-state index contributed by atoms with van der Waals surface area (Å²) in [5.41, 5.74) is 7.58. The molecule has 156 valence electrons. The highest BCUT2D eigenvalue weighted by atomic mass is 32.2. The Kier molecular flexibility index (Phi) is 7.61. The summed E-state index contributed by atoms with van der Waals surface area (Å²) >= 11 is 1.34. The van der Waals surface area contributed by atoms with E-state index in [0.29, 0.717) is 11.4 Å². The molecule has 0 saturated heterocycles. The second kappa shape index (κ2) is 10.8. The van der Waals surface area contributed by atoms with Crippen LogP contribution in [0.3, 0.4) is 0 Å². The molecule has 4 N–H and O–H groups in total. The number of para-hydroxylation sites is 1. The molecule has 6 nitrogen and oxygen atoms in total. The lowest BCUT2D eigenvalue weighted by Gasteiger charge is -2.09. The van der Waals surface area contributed by atoms with Gasteiger partial charge in [-0.25, -0.2) is 0 Å². The Balaban J connectivity index is 1.49. The van der Waals surface area contributed by atoms with Crippen molar-refractivity contribution in [3.63, 3.8) is 0 Å². The van der Waals surface area contributed by atoms with E-state index in [-0.39, 0.29) is 23.1 Å². The van der Waals surface area contributed by atoms with Crippen molar-refractivity contribution in [1.29, 1.82) is 0 Å². The Morgan fingerprint density at radius 2 is 1.52 bits per heavy atom. The van der Waals surface area contributed by atoms with E-state index in [1.165, 1.54) is 17.8 Å². The summed E-state index contributed by atoms with van der Waals surface area (Å²) in [6.45, 7) is 0. The molecule has 3 aromatic carbocycles. The average molecular weight is 432 g/mol. The largest absolute Gasteiger partial charge is 0.366 e. The van der Waals surface area contributed by atoms with Gasteiger partial charge in [-0.2, -0.15) is 0 Å². The molecule has 0 saturated carbocycles. The zero-order valence-electron chi connectivity index (χ0n) is 16.6. The Morgan fingerprint density at radius 1 is 0.839 bits per heavy atom. The minimum atomic E-state index is -0.597. The van der Waals surface area contributed by atoms with E-state index in [2.05, 4.69) is 10.6 Å². The summed E-state index contributed by atoms with van der Waals surface area (Å²) in [6.07, 6.45) is 3.22. The number of rotatable bonds is 8. The average Bonchev–Trinajstić information content (AvgIpc) is 2.78. The highest BCUT2D eigenvalue weighted by Crippen LogP contribution is 2.21. The van der Waals surface area contributed by atoms with E-state index in [4.69, 9.17) is 5.73 Å². The molecule has 3 aromatic rings. The zero-order valence-corrected chi connectivity index (χ0v) is 17.4. The van der Waals surface area contributed by atoms with Gasteiger partial charge in [0.2, 0.25) is 11.8 Å². The minimum absolute atomic E-state index is 0.165. The molecular weight excluding hydrogens is 410 g/mol. The molecule has 0 aliphatic heterocycles. The number of carbonyl (C=O) groups excluding carboxylic acids is 3. The molecule has 3 amide bonds. The second-order valence-corrected chi connectivity index (χ2v) is 7.55. The van der Waals surface area contributed by atoms with E-state index in [9.17, 15) is 14.4 Å². The van der Waals surface area contributed by atoms with E-state index in [0.717, 1.165) is 10.5 Å². The summed E-state index contributed by atoms with van der Waals surface area (Å²) in [6, 6.07) is 23.4. The van der Waals surface area contributed by atoms with Crippen molar-refractivity contribution in [3.8, 4) is 0 Å². The fourth-order valence-corrected chi connectivity index (χ4v) is 3.40. The number of nitrogens with one attached hydrogen (secondary N) is 2. The van der Waals surface area contributed by atoms with Gasteiger partial charge in [-0.15, -0.1) is 11.8 Å². The Hall–Kier alpha value is -3.84. The summed E-state index contributed by atoms with van der Waals surface area (Å²) in [5, 5.41) is 5.50. The molecule has 0 bridgehead atoms. The third kappa shape index (κ3) is 6.87. The Morgan fingerprint density at radius 3 is 2.23 bits per heavy atom. The minimum Gasteiger partial charge on any atom is -0.366 e. The molecule has 0 radical (unpaired) electrons. The summed E-state index contributed by atoms with van der Waals surface area (Å²) in [4.78, 5) is 36.6. The lowest BCUT2D eigenvalue weighted by atomic mass is 10.1. The summed E-state index contributed by atoms with van der Waals surface area (Å²) in [5.74, 6) is -0.905.